The summed E-state index contributed by atoms with van der Waals surface area (Å²) in [6.07, 6.45) is 2.80. The van der Waals surface area contributed by atoms with Crippen LogP contribution in [0.5, 0.6) is 0 Å². The summed E-state index contributed by atoms with van der Waals surface area (Å²) in [6.45, 7) is 1.12. The summed E-state index contributed by atoms with van der Waals surface area (Å²) in [7, 11) is 0. The third kappa shape index (κ3) is 4.44. The fourth-order valence-corrected chi connectivity index (χ4v) is 3.50. The van der Waals surface area contributed by atoms with Crippen LogP contribution in [0.1, 0.15) is 30.9 Å². The number of thioether (sulfide) groups is 1. The lowest BCUT2D eigenvalue weighted by Gasteiger charge is -2.22. The first-order valence-electron chi connectivity index (χ1n) is 6.62. The van der Waals surface area contributed by atoms with Gasteiger partial charge < -0.3 is 10.4 Å². The fraction of sp³-hybridized carbons (Fsp3) is 0.571. The Balaban J connectivity index is 1.78. The Bertz CT molecular complexity index is 410. The molecule has 2 unspecified atom stereocenters. The van der Waals surface area contributed by atoms with E-state index in [1.807, 2.05) is 11.8 Å². The predicted octanol–water partition coefficient (Wildman–Crippen LogP) is 2.87. The smallest absolute Gasteiger partial charge is 0.131 e. The van der Waals surface area contributed by atoms with Gasteiger partial charge in [0.2, 0.25) is 0 Å². The van der Waals surface area contributed by atoms with Crippen molar-refractivity contribution in [1.29, 1.82) is 0 Å². The molecule has 5 heteroatoms. The molecule has 0 radical (unpaired) electrons. The van der Waals surface area contributed by atoms with Crippen molar-refractivity contribution >= 4 is 11.8 Å². The third-order valence-electron chi connectivity index (χ3n) is 3.31. The molecule has 2 N–H and O–H groups in total. The maximum absolute atomic E-state index is 13.5. The third-order valence-corrected chi connectivity index (χ3v) is 4.70. The zero-order valence-corrected chi connectivity index (χ0v) is 11.6. The molecule has 1 fully saturated rings. The van der Waals surface area contributed by atoms with Crippen LogP contribution in [-0.2, 0) is 0 Å². The van der Waals surface area contributed by atoms with Gasteiger partial charge in [0.25, 0.3) is 0 Å². The number of hydrogen-bond acceptors (Lipinski definition) is 3. The molecule has 19 heavy (non-hydrogen) atoms. The fourth-order valence-electron chi connectivity index (χ4n) is 2.23. The Morgan fingerprint density at radius 2 is 2.21 bits per heavy atom. The second kappa shape index (κ2) is 7.22. The van der Waals surface area contributed by atoms with Crippen LogP contribution in [0.25, 0.3) is 0 Å². The molecule has 106 valence electrons. The highest BCUT2D eigenvalue weighted by Crippen LogP contribution is 2.24. The molecule has 0 spiro atoms. The standard InChI is InChI=1S/C14H19F2NOS/c15-10-4-5-12(13(16)7-10)14(18)9-17-8-11-3-1-2-6-19-11/h4-5,7,11,14,17-18H,1-3,6,8-9H2. The molecule has 1 heterocycles. The maximum Gasteiger partial charge on any atom is 0.131 e. The van der Waals surface area contributed by atoms with Gasteiger partial charge in [-0.05, 0) is 24.7 Å². The normalized spacial score (nSPS) is 21.3. The van der Waals surface area contributed by atoms with E-state index in [4.69, 9.17) is 0 Å². The van der Waals surface area contributed by atoms with Crippen LogP contribution in [0.2, 0.25) is 0 Å². The highest BCUT2D eigenvalue weighted by molar-refractivity contribution is 7.99. The van der Waals surface area contributed by atoms with Gasteiger partial charge in [-0.1, -0.05) is 12.5 Å². The van der Waals surface area contributed by atoms with Crippen molar-refractivity contribution in [2.24, 2.45) is 0 Å². The number of aliphatic hydroxyl groups excluding tert-OH is 1. The molecule has 2 atom stereocenters. The number of halogens is 2. The van der Waals surface area contributed by atoms with Crippen molar-refractivity contribution in [2.45, 2.75) is 30.6 Å². The van der Waals surface area contributed by atoms with Gasteiger partial charge in [0.1, 0.15) is 11.6 Å². The Morgan fingerprint density at radius 3 is 2.89 bits per heavy atom. The molecule has 2 nitrogen and oxygen atoms in total. The second-order valence-corrected chi connectivity index (χ2v) is 6.24. The highest BCUT2D eigenvalue weighted by atomic mass is 32.2. The zero-order chi connectivity index (χ0) is 13.7. The van der Waals surface area contributed by atoms with Gasteiger partial charge in [-0.3, -0.25) is 0 Å². The molecule has 0 amide bonds. The van der Waals surface area contributed by atoms with Gasteiger partial charge in [0.05, 0.1) is 6.10 Å². The second-order valence-electron chi connectivity index (χ2n) is 4.83. The van der Waals surface area contributed by atoms with Crippen molar-refractivity contribution in [2.75, 3.05) is 18.8 Å². The molecule has 2 rings (SSSR count). The molecule has 1 aliphatic rings. The minimum Gasteiger partial charge on any atom is -0.387 e. The van der Waals surface area contributed by atoms with Crippen molar-refractivity contribution in [3.63, 3.8) is 0 Å². The number of aliphatic hydroxyl groups is 1. The Hall–Kier alpha value is -0.650. The number of rotatable bonds is 5. The van der Waals surface area contributed by atoms with E-state index in [2.05, 4.69) is 5.32 Å². The van der Waals surface area contributed by atoms with Crippen LogP contribution in [0.15, 0.2) is 18.2 Å². The SMILES string of the molecule is OC(CNCC1CCCCS1)c1ccc(F)cc1F. The Kier molecular flexibility index (Phi) is 5.60. The Morgan fingerprint density at radius 1 is 1.37 bits per heavy atom. The molecular formula is C14H19F2NOS. The molecule has 1 saturated heterocycles. The molecule has 0 bridgehead atoms. The van der Waals surface area contributed by atoms with Crippen molar-refractivity contribution in [3.8, 4) is 0 Å². The van der Waals surface area contributed by atoms with Crippen molar-refractivity contribution in [1.82, 2.24) is 5.32 Å². The lowest BCUT2D eigenvalue weighted by atomic mass is 10.1. The lowest BCUT2D eigenvalue weighted by Crippen LogP contribution is -2.30. The zero-order valence-electron chi connectivity index (χ0n) is 10.7. The van der Waals surface area contributed by atoms with Crippen LogP contribution in [0.3, 0.4) is 0 Å². The average Bonchev–Trinajstić information content (AvgIpc) is 2.39. The summed E-state index contributed by atoms with van der Waals surface area (Å²) in [6, 6.07) is 3.26. The predicted molar refractivity (Wildman–Crippen MR) is 74.3 cm³/mol. The maximum atomic E-state index is 13.5. The first-order chi connectivity index (χ1) is 9.16. The Labute approximate surface area is 116 Å². The van der Waals surface area contributed by atoms with E-state index in [0.717, 1.165) is 12.6 Å². The highest BCUT2D eigenvalue weighted by Gasteiger charge is 2.16. The van der Waals surface area contributed by atoms with E-state index in [-0.39, 0.29) is 5.56 Å². The molecule has 0 aliphatic carbocycles. The van der Waals surface area contributed by atoms with E-state index in [0.29, 0.717) is 11.8 Å². The minimum absolute atomic E-state index is 0.144. The molecule has 1 aliphatic heterocycles. The van der Waals surface area contributed by atoms with E-state index >= 15 is 0 Å². The number of benzene rings is 1. The average molecular weight is 287 g/mol. The summed E-state index contributed by atoms with van der Waals surface area (Å²) in [5, 5.41) is 13.6. The van der Waals surface area contributed by atoms with E-state index in [1.165, 1.54) is 37.1 Å². The molecule has 0 aromatic heterocycles. The molecular weight excluding hydrogens is 268 g/mol. The lowest BCUT2D eigenvalue weighted by molar-refractivity contribution is 0.170. The quantitative estimate of drug-likeness (QED) is 0.873. The molecule has 1 aromatic carbocycles. The van der Waals surface area contributed by atoms with Crippen LogP contribution < -0.4 is 5.32 Å². The van der Waals surface area contributed by atoms with Crippen LogP contribution in [0.4, 0.5) is 8.78 Å². The van der Waals surface area contributed by atoms with Gasteiger partial charge in [0, 0.05) is 30.0 Å². The van der Waals surface area contributed by atoms with Crippen molar-refractivity contribution < 1.29 is 13.9 Å². The molecule has 1 aromatic rings. The molecule has 0 saturated carbocycles. The van der Waals surface area contributed by atoms with E-state index in [1.54, 1.807) is 0 Å². The largest absolute Gasteiger partial charge is 0.387 e. The van der Waals surface area contributed by atoms with Crippen molar-refractivity contribution in [3.05, 3.63) is 35.4 Å². The van der Waals surface area contributed by atoms with E-state index in [9.17, 15) is 13.9 Å². The summed E-state index contributed by atoms with van der Waals surface area (Å²) in [5.41, 5.74) is 0.144. The summed E-state index contributed by atoms with van der Waals surface area (Å²) < 4.78 is 26.2. The topological polar surface area (TPSA) is 32.3 Å². The summed E-state index contributed by atoms with van der Waals surface area (Å²) in [5.74, 6) is -0.122. The van der Waals surface area contributed by atoms with Gasteiger partial charge >= 0.3 is 0 Å². The van der Waals surface area contributed by atoms with Gasteiger partial charge in [-0.25, -0.2) is 8.78 Å². The van der Waals surface area contributed by atoms with Gasteiger partial charge in [-0.2, -0.15) is 11.8 Å². The minimum atomic E-state index is -0.936. The first kappa shape index (κ1) is 14.8. The summed E-state index contributed by atoms with van der Waals surface area (Å²) in [4.78, 5) is 0. The van der Waals surface area contributed by atoms with Gasteiger partial charge in [-0.15, -0.1) is 0 Å². The number of nitrogens with one attached hydrogen (secondary N) is 1. The first-order valence-corrected chi connectivity index (χ1v) is 7.67. The van der Waals surface area contributed by atoms with Crippen LogP contribution in [0, 0.1) is 11.6 Å². The van der Waals surface area contributed by atoms with Gasteiger partial charge in [0.15, 0.2) is 0 Å². The summed E-state index contributed by atoms with van der Waals surface area (Å²) >= 11 is 1.95. The van der Waals surface area contributed by atoms with Crippen LogP contribution in [-0.4, -0.2) is 29.2 Å². The van der Waals surface area contributed by atoms with E-state index < -0.39 is 17.7 Å². The van der Waals surface area contributed by atoms with Crippen LogP contribution >= 0.6 is 11.8 Å². The monoisotopic (exact) mass is 287 g/mol. The number of hydrogen-bond donors (Lipinski definition) is 2.